The molecule has 8 nitrogen and oxygen atoms in total. The van der Waals surface area contributed by atoms with Gasteiger partial charge < -0.3 is 4.52 Å². The standard InChI is InChI=1S/C20H13FN6O2/c21-15-8-6-14(7-9-15)19-22-18(29-25-19)12-26-20(28)27-17(24-26)11-10-16(23-27)13-4-2-1-3-5-13/h1-11H,12H2. The third-order valence-corrected chi connectivity index (χ3v) is 4.37. The van der Waals surface area contributed by atoms with E-state index in [0.717, 1.165) is 5.56 Å². The minimum Gasteiger partial charge on any atom is -0.337 e. The molecule has 0 saturated heterocycles. The molecule has 3 heterocycles. The molecule has 2 aromatic carbocycles. The average Bonchev–Trinajstić information content (AvgIpc) is 3.34. The Bertz CT molecular complexity index is 1360. The quantitative estimate of drug-likeness (QED) is 0.470. The fourth-order valence-corrected chi connectivity index (χ4v) is 2.94. The van der Waals surface area contributed by atoms with Gasteiger partial charge in [-0.05, 0) is 36.4 Å². The maximum Gasteiger partial charge on any atom is 0.367 e. The van der Waals surface area contributed by atoms with Crippen LogP contribution in [0.3, 0.4) is 0 Å². The lowest BCUT2D eigenvalue weighted by Gasteiger charge is -1.99. The highest BCUT2D eigenvalue weighted by molar-refractivity contribution is 5.59. The fraction of sp³-hybridized carbons (Fsp3) is 0.0500. The first kappa shape index (κ1) is 17.0. The van der Waals surface area contributed by atoms with Crippen molar-refractivity contribution in [2.45, 2.75) is 6.54 Å². The van der Waals surface area contributed by atoms with Crippen LogP contribution in [-0.2, 0) is 6.54 Å². The summed E-state index contributed by atoms with van der Waals surface area (Å²) in [6.45, 7) is -0.00292. The molecule has 0 aliphatic heterocycles. The molecule has 0 saturated carbocycles. The maximum atomic E-state index is 13.1. The van der Waals surface area contributed by atoms with Gasteiger partial charge in [0.2, 0.25) is 11.7 Å². The lowest BCUT2D eigenvalue weighted by atomic mass is 10.1. The number of halogens is 1. The summed E-state index contributed by atoms with van der Waals surface area (Å²) in [6.07, 6.45) is 0. The first-order valence-electron chi connectivity index (χ1n) is 8.78. The van der Waals surface area contributed by atoms with Crippen LogP contribution in [0, 0.1) is 5.82 Å². The molecule has 142 valence electrons. The summed E-state index contributed by atoms with van der Waals surface area (Å²) in [5.74, 6) is 0.163. The van der Waals surface area contributed by atoms with Crippen LogP contribution in [0.2, 0.25) is 0 Å². The molecular formula is C20H13FN6O2. The minimum absolute atomic E-state index is 0.00292. The number of hydrogen-bond acceptors (Lipinski definition) is 6. The molecule has 5 aromatic rings. The molecule has 5 rings (SSSR count). The molecule has 0 fully saturated rings. The zero-order valence-electron chi connectivity index (χ0n) is 14.9. The summed E-state index contributed by atoms with van der Waals surface area (Å²) in [5, 5.41) is 12.5. The van der Waals surface area contributed by atoms with Gasteiger partial charge in [-0.1, -0.05) is 35.5 Å². The molecular weight excluding hydrogens is 375 g/mol. The van der Waals surface area contributed by atoms with E-state index in [1.807, 2.05) is 30.3 Å². The molecule has 0 N–H and O–H groups in total. The number of fused-ring (bicyclic) bond motifs is 1. The van der Waals surface area contributed by atoms with E-state index in [-0.39, 0.29) is 18.3 Å². The Morgan fingerprint density at radius 2 is 1.69 bits per heavy atom. The van der Waals surface area contributed by atoms with E-state index in [1.54, 1.807) is 24.3 Å². The van der Waals surface area contributed by atoms with Gasteiger partial charge in [0.25, 0.3) is 0 Å². The van der Waals surface area contributed by atoms with E-state index in [0.29, 0.717) is 22.7 Å². The van der Waals surface area contributed by atoms with Crippen LogP contribution in [0.5, 0.6) is 0 Å². The van der Waals surface area contributed by atoms with Crippen LogP contribution in [-0.4, -0.2) is 29.5 Å². The van der Waals surface area contributed by atoms with E-state index < -0.39 is 5.69 Å². The zero-order valence-corrected chi connectivity index (χ0v) is 14.9. The molecule has 0 aliphatic rings. The highest BCUT2D eigenvalue weighted by Gasteiger charge is 2.14. The Labute approximate surface area is 162 Å². The van der Waals surface area contributed by atoms with Gasteiger partial charge in [-0.2, -0.15) is 14.6 Å². The van der Waals surface area contributed by atoms with Crippen molar-refractivity contribution in [1.82, 2.24) is 29.5 Å². The second-order valence-corrected chi connectivity index (χ2v) is 6.31. The lowest BCUT2D eigenvalue weighted by molar-refractivity contribution is 0.364. The van der Waals surface area contributed by atoms with Gasteiger partial charge in [0.05, 0.1) is 5.69 Å². The Morgan fingerprint density at radius 1 is 0.897 bits per heavy atom. The van der Waals surface area contributed by atoms with Crippen molar-refractivity contribution in [1.29, 1.82) is 0 Å². The van der Waals surface area contributed by atoms with E-state index in [2.05, 4.69) is 20.3 Å². The van der Waals surface area contributed by atoms with Crippen LogP contribution in [0.15, 0.2) is 76.0 Å². The van der Waals surface area contributed by atoms with Crippen molar-refractivity contribution in [2.24, 2.45) is 0 Å². The lowest BCUT2D eigenvalue weighted by Crippen LogP contribution is -2.23. The Morgan fingerprint density at radius 3 is 2.48 bits per heavy atom. The second-order valence-electron chi connectivity index (χ2n) is 6.31. The number of benzene rings is 2. The maximum absolute atomic E-state index is 13.1. The molecule has 0 amide bonds. The van der Waals surface area contributed by atoms with E-state index in [4.69, 9.17) is 4.52 Å². The molecule has 3 aromatic heterocycles. The van der Waals surface area contributed by atoms with Crippen LogP contribution >= 0.6 is 0 Å². The third-order valence-electron chi connectivity index (χ3n) is 4.37. The monoisotopic (exact) mass is 388 g/mol. The van der Waals surface area contributed by atoms with E-state index >= 15 is 0 Å². The van der Waals surface area contributed by atoms with Crippen LogP contribution in [0.25, 0.3) is 28.3 Å². The predicted molar refractivity (Wildman–Crippen MR) is 101 cm³/mol. The van der Waals surface area contributed by atoms with Gasteiger partial charge in [0.1, 0.15) is 12.4 Å². The topological polar surface area (TPSA) is 91.1 Å². The van der Waals surface area contributed by atoms with Gasteiger partial charge in [-0.25, -0.2) is 13.9 Å². The summed E-state index contributed by atoms with van der Waals surface area (Å²) in [7, 11) is 0. The molecule has 29 heavy (non-hydrogen) atoms. The zero-order chi connectivity index (χ0) is 19.8. The predicted octanol–water partition coefficient (Wildman–Crippen LogP) is 2.80. The summed E-state index contributed by atoms with van der Waals surface area (Å²) in [6, 6.07) is 18.8. The van der Waals surface area contributed by atoms with E-state index in [1.165, 1.54) is 21.3 Å². The number of rotatable bonds is 4. The van der Waals surface area contributed by atoms with Crippen LogP contribution in [0.4, 0.5) is 4.39 Å². The Hall–Kier alpha value is -4.14. The molecule has 0 radical (unpaired) electrons. The smallest absolute Gasteiger partial charge is 0.337 e. The van der Waals surface area contributed by atoms with Gasteiger partial charge >= 0.3 is 5.69 Å². The van der Waals surface area contributed by atoms with Gasteiger partial charge in [0, 0.05) is 11.1 Å². The van der Waals surface area contributed by atoms with Gasteiger partial charge in [-0.15, -0.1) is 5.10 Å². The molecule has 0 atom stereocenters. The van der Waals surface area contributed by atoms with Crippen molar-refractivity contribution in [3.63, 3.8) is 0 Å². The van der Waals surface area contributed by atoms with Crippen molar-refractivity contribution in [3.05, 3.63) is 88.9 Å². The Balaban J connectivity index is 1.46. The van der Waals surface area contributed by atoms with Crippen molar-refractivity contribution in [2.75, 3.05) is 0 Å². The van der Waals surface area contributed by atoms with Crippen LogP contribution < -0.4 is 5.69 Å². The molecule has 0 spiro atoms. The van der Waals surface area contributed by atoms with Crippen LogP contribution in [0.1, 0.15) is 5.89 Å². The van der Waals surface area contributed by atoms with Crippen molar-refractivity contribution < 1.29 is 8.91 Å². The van der Waals surface area contributed by atoms with Gasteiger partial charge in [0.15, 0.2) is 5.65 Å². The second kappa shape index (κ2) is 6.79. The molecule has 0 aliphatic carbocycles. The first-order valence-corrected chi connectivity index (χ1v) is 8.78. The minimum atomic E-state index is -0.417. The largest absolute Gasteiger partial charge is 0.367 e. The van der Waals surface area contributed by atoms with Gasteiger partial charge in [-0.3, -0.25) is 0 Å². The summed E-state index contributed by atoms with van der Waals surface area (Å²) < 4.78 is 20.7. The average molecular weight is 388 g/mol. The number of aromatic nitrogens is 6. The molecule has 0 bridgehead atoms. The summed E-state index contributed by atoms with van der Waals surface area (Å²) >= 11 is 0. The normalized spacial score (nSPS) is 11.2. The molecule has 0 unspecified atom stereocenters. The first-order chi connectivity index (χ1) is 14.2. The van der Waals surface area contributed by atoms with Crippen molar-refractivity contribution >= 4 is 5.65 Å². The Kier molecular flexibility index (Phi) is 3.98. The number of nitrogens with zero attached hydrogens (tertiary/aromatic N) is 6. The highest BCUT2D eigenvalue weighted by atomic mass is 19.1. The molecule has 9 heteroatoms. The SMILES string of the molecule is O=c1n(Cc2nc(-c3ccc(F)cc3)no2)nc2ccc(-c3ccccc3)nn12. The van der Waals surface area contributed by atoms with Crippen molar-refractivity contribution in [3.8, 4) is 22.6 Å². The fourth-order valence-electron chi connectivity index (χ4n) is 2.94. The third kappa shape index (κ3) is 3.18. The summed E-state index contributed by atoms with van der Waals surface area (Å²) in [4.78, 5) is 17.0. The van der Waals surface area contributed by atoms with E-state index in [9.17, 15) is 9.18 Å². The summed E-state index contributed by atoms with van der Waals surface area (Å²) in [5.41, 5.74) is 2.16. The highest BCUT2D eigenvalue weighted by Crippen LogP contribution is 2.17. The number of hydrogen-bond donors (Lipinski definition) is 0.